The Labute approximate surface area is 177 Å². The minimum atomic E-state index is -0.124. The van der Waals surface area contributed by atoms with Gasteiger partial charge in [-0.3, -0.25) is 14.6 Å². The fraction of sp³-hybridized carbons (Fsp3) is 0.280. The quantitative estimate of drug-likeness (QED) is 0.660. The van der Waals surface area contributed by atoms with Crippen LogP contribution in [0.1, 0.15) is 27.0 Å². The number of piperazine rings is 1. The number of hydrogen-bond donors (Lipinski definition) is 0. The molecule has 1 fully saturated rings. The minimum absolute atomic E-state index is 0.124. The van der Waals surface area contributed by atoms with E-state index in [0.29, 0.717) is 0 Å². The number of rotatable bonds is 5. The van der Waals surface area contributed by atoms with Crippen molar-refractivity contribution in [2.24, 2.45) is 12.0 Å². The molecule has 0 aliphatic carbocycles. The van der Waals surface area contributed by atoms with E-state index in [0.717, 1.165) is 50.4 Å². The van der Waals surface area contributed by atoms with Crippen LogP contribution < -0.4 is 0 Å². The van der Waals surface area contributed by atoms with Crippen LogP contribution in [0, 0.1) is 0 Å². The molecule has 2 aliphatic heterocycles. The lowest BCUT2D eigenvalue weighted by Crippen LogP contribution is -2.45. The number of carbonyl (C=O) groups is 1. The van der Waals surface area contributed by atoms with Crippen molar-refractivity contribution in [3.05, 3.63) is 83.0 Å². The molecule has 1 saturated heterocycles. The Kier molecular flexibility index (Phi) is 5.07. The molecular formula is C25H26N4O. The van der Waals surface area contributed by atoms with Crippen molar-refractivity contribution >= 4 is 12.1 Å². The van der Waals surface area contributed by atoms with E-state index in [1.807, 2.05) is 6.07 Å². The highest BCUT2D eigenvalue weighted by Gasteiger charge is 2.20. The first-order chi connectivity index (χ1) is 14.7. The highest BCUT2D eigenvalue weighted by Crippen LogP contribution is 2.25. The number of fused-ring (bicyclic) bond motifs is 1. The summed E-state index contributed by atoms with van der Waals surface area (Å²) >= 11 is 0. The number of amides is 1. The molecule has 30 heavy (non-hydrogen) atoms. The van der Waals surface area contributed by atoms with Gasteiger partial charge in [-0.1, -0.05) is 30.3 Å². The van der Waals surface area contributed by atoms with E-state index in [2.05, 4.69) is 81.1 Å². The molecule has 5 rings (SSSR count). The number of aromatic nitrogens is 1. The number of hydrogen-bond acceptors (Lipinski definition) is 3. The summed E-state index contributed by atoms with van der Waals surface area (Å²) in [5.41, 5.74) is 6.89. The van der Waals surface area contributed by atoms with Crippen molar-refractivity contribution in [2.45, 2.75) is 13.1 Å². The molecule has 0 atom stereocenters. The second kappa shape index (κ2) is 8.01. The van der Waals surface area contributed by atoms with E-state index in [9.17, 15) is 4.79 Å². The SMILES string of the molecule is Cn1cccc1-c1ccccc1CN1CCN(Cc2ccc3c(c2)C=NC3=O)CC1. The smallest absolute Gasteiger partial charge is 0.277 e. The molecule has 0 radical (unpaired) electrons. The van der Waals surface area contributed by atoms with Gasteiger partial charge in [-0.2, -0.15) is 0 Å². The molecule has 3 heterocycles. The summed E-state index contributed by atoms with van der Waals surface area (Å²) < 4.78 is 2.19. The molecule has 5 nitrogen and oxygen atoms in total. The second-order valence-electron chi connectivity index (χ2n) is 8.20. The Hall–Kier alpha value is -3.02. The van der Waals surface area contributed by atoms with Crippen molar-refractivity contribution in [3.8, 4) is 11.3 Å². The van der Waals surface area contributed by atoms with Crippen LogP contribution in [-0.2, 0) is 20.1 Å². The van der Waals surface area contributed by atoms with Crippen LogP contribution in [0.4, 0.5) is 0 Å². The third kappa shape index (κ3) is 3.74. The zero-order valence-corrected chi connectivity index (χ0v) is 17.3. The predicted octanol–water partition coefficient (Wildman–Crippen LogP) is 3.58. The first-order valence-electron chi connectivity index (χ1n) is 10.5. The van der Waals surface area contributed by atoms with Gasteiger partial charge in [0, 0.05) is 75.5 Å². The van der Waals surface area contributed by atoms with Gasteiger partial charge in [-0.15, -0.1) is 0 Å². The number of aliphatic imine (C=N–C) groups is 1. The molecule has 0 saturated carbocycles. The summed E-state index contributed by atoms with van der Waals surface area (Å²) in [6, 6.07) is 19.1. The zero-order chi connectivity index (χ0) is 20.5. The summed E-state index contributed by atoms with van der Waals surface area (Å²) in [7, 11) is 2.10. The van der Waals surface area contributed by atoms with E-state index >= 15 is 0 Å². The Bertz CT molecular complexity index is 1110. The first kappa shape index (κ1) is 19.0. The average Bonchev–Trinajstić information content (AvgIpc) is 3.35. The van der Waals surface area contributed by atoms with E-state index in [4.69, 9.17) is 0 Å². The Morgan fingerprint density at radius 1 is 0.867 bits per heavy atom. The Balaban J connectivity index is 1.21. The fourth-order valence-electron chi connectivity index (χ4n) is 4.46. The van der Waals surface area contributed by atoms with E-state index in [1.165, 1.54) is 22.4 Å². The van der Waals surface area contributed by atoms with Crippen LogP contribution in [0.5, 0.6) is 0 Å². The molecule has 0 bridgehead atoms. The lowest BCUT2D eigenvalue weighted by atomic mass is 10.0. The molecule has 0 N–H and O–H groups in total. The summed E-state index contributed by atoms with van der Waals surface area (Å²) in [5, 5.41) is 0. The van der Waals surface area contributed by atoms with Crippen LogP contribution in [-0.4, -0.2) is 52.7 Å². The summed E-state index contributed by atoms with van der Waals surface area (Å²) in [6.45, 7) is 6.13. The molecule has 5 heteroatoms. The lowest BCUT2D eigenvalue weighted by Gasteiger charge is -2.35. The van der Waals surface area contributed by atoms with Gasteiger partial charge >= 0.3 is 0 Å². The molecule has 2 aromatic carbocycles. The largest absolute Gasteiger partial charge is 0.351 e. The van der Waals surface area contributed by atoms with Crippen molar-refractivity contribution in [2.75, 3.05) is 26.2 Å². The van der Waals surface area contributed by atoms with Gasteiger partial charge in [0.05, 0.1) is 5.56 Å². The molecule has 2 aliphatic rings. The van der Waals surface area contributed by atoms with Crippen molar-refractivity contribution in [3.63, 3.8) is 0 Å². The van der Waals surface area contributed by atoms with E-state index < -0.39 is 0 Å². The second-order valence-corrected chi connectivity index (χ2v) is 8.20. The number of carbonyl (C=O) groups excluding carboxylic acids is 1. The molecule has 1 aromatic heterocycles. The fourth-order valence-corrected chi connectivity index (χ4v) is 4.46. The predicted molar refractivity (Wildman–Crippen MR) is 120 cm³/mol. The first-order valence-corrected chi connectivity index (χ1v) is 10.5. The van der Waals surface area contributed by atoms with Crippen LogP contribution >= 0.6 is 0 Å². The molecule has 3 aromatic rings. The minimum Gasteiger partial charge on any atom is -0.351 e. The van der Waals surface area contributed by atoms with E-state index in [1.54, 1.807) is 6.21 Å². The standard InChI is InChI=1S/C25H26N4O/c1-27-10-4-7-24(27)22-6-3-2-5-20(22)18-29-13-11-28(12-14-29)17-19-8-9-23-21(15-19)16-26-25(23)30/h2-10,15-16H,11-14,17-18H2,1H3. The highest BCUT2D eigenvalue weighted by molar-refractivity contribution is 6.12. The maximum atomic E-state index is 11.7. The van der Waals surface area contributed by atoms with Gasteiger partial charge in [0.25, 0.3) is 5.91 Å². The Morgan fingerprint density at radius 3 is 2.40 bits per heavy atom. The van der Waals surface area contributed by atoms with Gasteiger partial charge < -0.3 is 4.57 Å². The molecule has 0 spiro atoms. The third-order valence-corrected chi connectivity index (χ3v) is 6.17. The van der Waals surface area contributed by atoms with Gasteiger partial charge in [0.2, 0.25) is 0 Å². The monoisotopic (exact) mass is 398 g/mol. The van der Waals surface area contributed by atoms with Crippen LogP contribution in [0.15, 0.2) is 65.8 Å². The van der Waals surface area contributed by atoms with Crippen LogP contribution in [0.2, 0.25) is 0 Å². The maximum absolute atomic E-state index is 11.7. The van der Waals surface area contributed by atoms with Gasteiger partial charge in [-0.25, -0.2) is 4.99 Å². The lowest BCUT2D eigenvalue weighted by molar-refractivity contribution is 0.101. The molecule has 152 valence electrons. The molecule has 1 amide bonds. The average molecular weight is 399 g/mol. The summed E-state index contributed by atoms with van der Waals surface area (Å²) in [6.07, 6.45) is 3.79. The highest BCUT2D eigenvalue weighted by atomic mass is 16.1. The maximum Gasteiger partial charge on any atom is 0.277 e. The third-order valence-electron chi connectivity index (χ3n) is 6.17. The summed E-state index contributed by atoms with van der Waals surface area (Å²) in [5.74, 6) is -0.124. The number of nitrogens with zero attached hydrogens (tertiary/aromatic N) is 4. The van der Waals surface area contributed by atoms with Gasteiger partial charge in [-0.05, 0) is 35.4 Å². The topological polar surface area (TPSA) is 40.8 Å². The van der Waals surface area contributed by atoms with Gasteiger partial charge in [0.15, 0.2) is 0 Å². The van der Waals surface area contributed by atoms with Gasteiger partial charge in [0.1, 0.15) is 0 Å². The van der Waals surface area contributed by atoms with E-state index in [-0.39, 0.29) is 5.91 Å². The van der Waals surface area contributed by atoms with Crippen LogP contribution in [0.3, 0.4) is 0 Å². The molecule has 0 unspecified atom stereocenters. The molecular weight excluding hydrogens is 372 g/mol. The van der Waals surface area contributed by atoms with Crippen LogP contribution in [0.25, 0.3) is 11.3 Å². The summed E-state index contributed by atoms with van der Waals surface area (Å²) in [4.78, 5) is 20.6. The number of aryl methyl sites for hydroxylation is 1. The van der Waals surface area contributed by atoms with Crippen molar-refractivity contribution in [1.82, 2.24) is 14.4 Å². The Morgan fingerprint density at radius 2 is 1.63 bits per heavy atom. The normalized spacial score (nSPS) is 16.9. The van der Waals surface area contributed by atoms with Crippen molar-refractivity contribution < 1.29 is 4.79 Å². The zero-order valence-electron chi connectivity index (χ0n) is 17.3. The van der Waals surface area contributed by atoms with Crippen molar-refractivity contribution in [1.29, 1.82) is 0 Å². The number of benzene rings is 2.